The van der Waals surface area contributed by atoms with Crippen LogP contribution in [-0.4, -0.2) is 79.0 Å². The molecule has 0 saturated carbocycles. The van der Waals surface area contributed by atoms with Crippen LogP contribution in [0.2, 0.25) is 10.0 Å². The Hall–Kier alpha value is -3.14. The molecule has 1 fully saturated rings. The minimum Gasteiger partial charge on any atom is -0.463 e. The van der Waals surface area contributed by atoms with Crippen molar-refractivity contribution in [2.24, 2.45) is 0 Å². The van der Waals surface area contributed by atoms with Gasteiger partial charge >= 0.3 is 12.0 Å². The molecule has 0 aliphatic carbocycles. The number of amides is 3. The molecule has 2 aromatic carbocycles. The number of carbonyl (C=O) groups is 3. The second-order valence-corrected chi connectivity index (χ2v) is 9.61. The molecule has 3 amide bonds. The molecule has 0 aromatic heterocycles. The van der Waals surface area contributed by atoms with Gasteiger partial charge in [0.05, 0.1) is 18.2 Å². The number of likely N-dealkylation sites (N-methyl/N-ethyl adjacent to an activating group) is 1. The van der Waals surface area contributed by atoms with Crippen LogP contribution in [0, 0.1) is 5.82 Å². The number of esters is 1. The number of urea groups is 1. The lowest BCUT2D eigenvalue weighted by atomic mass is 9.94. The monoisotopic (exact) mass is 548 g/mol. The number of nitrogens with zero attached hydrogens (tertiary/aromatic N) is 3. The summed E-state index contributed by atoms with van der Waals surface area (Å²) in [6, 6.07) is 9.28. The first-order valence-electron chi connectivity index (χ1n) is 11.9. The zero-order chi connectivity index (χ0) is 26.7. The van der Waals surface area contributed by atoms with Crippen molar-refractivity contribution in [3.63, 3.8) is 0 Å². The molecule has 0 spiro atoms. The van der Waals surface area contributed by atoms with Gasteiger partial charge in [-0.1, -0.05) is 35.3 Å². The molecular formula is C26H27Cl2FN4O4. The summed E-state index contributed by atoms with van der Waals surface area (Å²) < 4.78 is 18.9. The molecule has 2 aliphatic heterocycles. The van der Waals surface area contributed by atoms with E-state index in [0.717, 1.165) is 0 Å². The molecule has 2 aromatic rings. The lowest BCUT2D eigenvalue weighted by molar-refractivity contribution is -0.139. The predicted octanol–water partition coefficient (Wildman–Crippen LogP) is 4.10. The molecule has 4 rings (SSSR count). The summed E-state index contributed by atoms with van der Waals surface area (Å²) in [5.74, 6) is -1.26. The molecule has 1 saturated heterocycles. The molecule has 1 N–H and O–H groups in total. The van der Waals surface area contributed by atoms with Crippen molar-refractivity contribution < 1.29 is 23.5 Å². The molecule has 0 radical (unpaired) electrons. The Morgan fingerprint density at radius 2 is 1.84 bits per heavy atom. The Labute approximate surface area is 224 Å². The quantitative estimate of drug-likeness (QED) is 0.549. The Morgan fingerprint density at radius 1 is 1.11 bits per heavy atom. The number of halogens is 3. The van der Waals surface area contributed by atoms with Gasteiger partial charge in [0.1, 0.15) is 5.82 Å². The van der Waals surface area contributed by atoms with Crippen LogP contribution >= 0.6 is 23.2 Å². The van der Waals surface area contributed by atoms with E-state index in [1.807, 2.05) is 0 Å². The van der Waals surface area contributed by atoms with E-state index in [4.69, 9.17) is 27.9 Å². The highest BCUT2D eigenvalue weighted by Crippen LogP contribution is 2.36. The number of carbonyl (C=O) groups excluding carboxylic acids is 3. The maximum absolute atomic E-state index is 13.6. The fraction of sp³-hybridized carbons (Fsp3) is 0.346. The molecule has 8 nitrogen and oxygen atoms in total. The Bertz CT molecular complexity index is 1250. The summed E-state index contributed by atoms with van der Waals surface area (Å²) in [6.45, 7) is 3.99. The number of ether oxygens (including phenoxy) is 1. The van der Waals surface area contributed by atoms with Gasteiger partial charge in [-0.05, 0) is 42.8 Å². The standard InChI is InChI=1S/C26H27Cl2FN4O4/c1-3-37-25(35)22-21(31(2)26(36)30-23(22)19-8-7-17(27)14-20(19)28)15-32-9-11-33(12-10-32)24(34)16-5-4-6-18(29)13-16/h4-8,13-14,23H,3,9-12,15H2,1-2H3,(H,30,36)/t23-/m1/s1. The molecule has 11 heteroatoms. The summed E-state index contributed by atoms with van der Waals surface area (Å²) in [5, 5.41) is 3.59. The molecular weight excluding hydrogens is 522 g/mol. The van der Waals surface area contributed by atoms with E-state index in [2.05, 4.69) is 10.2 Å². The highest BCUT2D eigenvalue weighted by molar-refractivity contribution is 6.35. The van der Waals surface area contributed by atoms with Crippen molar-refractivity contribution in [1.82, 2.24) is 20.0 Å². The van der Waals surface area contributed by atoms with Gasteiger partial charge in [0.25, 0.3) is 5.91 Å². The van der Waals surface area contributed by atoms with Gasteiger partial charge in [0, 0.05) is 61.1 Å². The predicted molar refractivity (Wildman–Crippen MR) is 138 cm³/mol. The van der Waals surface area contributed by atoms with Crippen molar-refractivity contribution in [1.29, 1.82) is 0 Å². The van der Waals surface area contributed by atoms with Crippen LogP contribution in [0.5, 0.6) is 0 Å². The lowest BCUT2D eigenvalue weighted by Crippen LogP contribution is -2.53. The van der Waals surface area contributed by atoms with Crippen LogP contribution in [0.3, 0.4) is 0 Å². The first-order valence-corrected chi connectivity index (χ1v) is 12.6. The third kappa shape index (κ3) is 5.89. The van der Waals surface area contributed by atoms with Gasteiger partial charge in [-0.3, -0.25) is 14.6 Å². The molecule has 196 valence electrons. The van der Waals surface area contributed by atoms with Crippen LogP contribution in [-0.2, 0) is 9.53 Å². The molecule has 2 aliphatic rings. The Morgan fingerprint density at radius 3 is 2.49 bits per heavy atom. The van der Waals surface area contributed by atoms with Gasteiger partial charge in [0.2, 0.25) is 0 Å². The van der Waals surface area contributed by atoms with E-state index in [0.29, 0.717) is 53.0 Å². The van der Waals surface area contributed by atoms with E-state index in [1.54, 1.807) is 43.1 Å². The maximum Gasteiger partial charge on any atom is 0.338 e. The first kappa shape index (κ1) is 26.9. The van der Waals surface area contributed by atoms with Crippen molar-refractivity contribution in [2.75, 3.05) is 46.4 Å². The normalized spacial score (nSPS) is 18.6. The van der Waals surface area contributed by atoms with Crippen LogP contribution in [0.4, 0.5) is 9.18 Å². The molecule has 2 heterocycles. The third-order valence-electron chi connectivity index (χ3n) is 6.45. The van der Waals surface area contributed by atoms with E-state index in [-0.39, 0.29) is 30.7 Å². The van der Waals surface area contributed by atoms with Crippen molar-refractivity contribution >= 4 is 41.1 Å². The zero-order valence-corrected chi connectivity index (χ0v) is 22.0. The summed E-state index contributed by atoms with van der Waals surface area (Å²) in [5.41, 5.74) is 1.60. The Balaban J connectivity index is 1.59. The second-order valence-electron chi connectivity index (χ2n) is 8.77. The minimum absolute atomic E-state index is 0.162. The van der Waals surface area contributed by atoms with E-state index in [9.17, 15) is 18.8 Å². The topological polar surface area (TPSA) is 82.2 Å². The maximum atomic E-state index is 13.6. The van der Waals surface area contributed by atoms with Crippen LogP contribution in [0.25, 0.3) is 0 Å². The molecule has 1 atom stereocenters. The average Bonchev–Trinajstić information content (AvgIpc) is 2.87. The minimum atomic E-state index is -0.821. The molecule has 0 bridgehead atoms. The number of hydrogen-bond donors (Lipinski definition) is 1. The SMILES string of the molecule is CCOC(=O)C1=C(CN2CCN(C(=O)c3cccc(F)c3)CC2)N(C)C(=O)N[C@@H]1c1ccc(Cl)cc1Cl. The van der Waals surface area contributed by atoms with Crippen molar-refractivity contribution in [2.45, 2.75) is 13.0 Å². The van der Waals surface area contributed by atoms with Crippen LogP contribution in [0.15, 0.2) is 53.7 Å². The number of piperazine rings is 1. The van der Waals surface area contributed by atoms with Gasteiger partial charge in [-0.25, -0.2) is 14.0 Å². The average molecular weight is 549 g/mol. The van der Waals surface area contributed by atoms with Gasteiger partial charge < -0.3 is 15.0 Å². The van der Waals surface area contributed by atoms with Gasteiger partial charge in [0.15, 0.2) is 0 Å². The van der Waals surface area contributed by atoms with Crippen LogP contribution in [0.1, 0.15) is 28.9 Å². The smallest absolute Gasteiger partial charge is 0.338 e. The van der Waals surface area contributed by atoms with Crippen molar-refractivity contribution in [3.05, 3.63) is 80.7 Å². The second kappa shape index (κ2) is 11.5. The van der Waals surface area contributed by atoms with E-state index >= 15 is 0 Å². The summed E-state index contributed by atoms with van der Waals surface area (Å²) in [6.07, 6.45) is 0. The first-order chi connectivity index (χ1) is 17.7. The fourth-order valence-electron chi connectivity index (χ4n) is 4.49. The van der Waals surface area contributed by atoms with Gasteiger partial charge in [-0.2, -0.15) is 0 Å². The number of hydrogen-bond acceptors (Lipinski definition) is 5. The number of rotatable bonds is 6. The molecule has 37 heavy (non-hydrogen) atoms. The lowest BCUT2D eigenvalue weighted by Gasteiger charge is -2.39. The zero-order valence-electron chi connectivity index (χ0n) is 20.5. The third-order valence-corrected chi connectivity index (χ3v) is 7.01. The van der Waals surface area contributed by atoms with E-state index < -0.39 is 17.8 Å². The van der Waals surface area contributed by atoms with Crippen LogP contribution < -0.4 is 5.32 Å². The number of benzene rings is 2. The Kier molecular flexibility index (Phi) is 8.36. The number of nitrogens with one attached hydrogen (secondary N) is 1. The summed E-state index contributed by atoms with van der Waals surface area (Å²) in [7, 11) is 1.59. The van der Waals surface area contributed by atoms with E-state index in [1.165, 1.54) is 23.1 Å². The fourth-order valence-corrected chi connectivity index (χ4v) is 5.01. The van der Waals surface area contributed by atoms with Gasteiger partial charge in [-0.15, -0.1) is 0 Å². The highest BCUT2D eigenvalue weighted by Gasteiger charge is 2.38. The largest absolute Gasteiger partial charge is 0.463 e. The summed E-state index contributed by atoms with van der Waals surface area (Å²) >= 11 is 12.5. The summed E-state index contributed by atoms with van der Waals surface area (Å²) in [4.78, 5) is 44.0. The molecule has 0 unspecified atom stereocenters. The highest BCUT2D eigenvalue weighted by atomic mass is 35.5. The van der Waals surface area contributed by atoms with Crippen molar-refractivity contribution in [3.8, 4) is 0 Å².